The number of hydrogen-bond acceptors (Lipinski definition) is 6. The molecule has 27 heavy (non-hydrogen) atoms. The van der Waals surface area contributed by atoms with Gasteiger partial charge in [0.25, 0.3) is 5.91 Å². The Morgan fingerprint density at radius 1 is 1.19 bits per heavy atom. The fraction of sp³-hybridized carbons (Fsp3) is 0.333. The quantitative estimate of drug-likeness (QED) is 0.610. The van der Waals surface area contributed by atoms with Crippen molar-refractivity contribution in [3.05, 3.63) is 42.4 Å². The standard InChI is InChI=1S/C18H24N6O3/c1-24(2)10-4-7-21-17(25)13-5-6-14(15(11-13)27-3)22-18(26)23-16-12-19-8-9-20-16/h5-6,8-9,11-12H,4,7,10H2,1-3H3,(H,21,25)(H2,20,22,23,26). The van der Waals surface area contributed by atoms with E-state index >= 15 is 0 Å². The molecule has 2 rings (SSSR count). The van der Waals surface area contributed by atoms with E-state index in [-0.39, 0.29) is 5.91 Å². The van der Waals surface area contributed by atoms with E-state index in [1.54, 1.807) is 18.2 Å². The third-order valence-electron chi connectivity index (χ3n) is 3.58. The number of anilines is 2. The highest BCUT2D eigenvalue weighted by molar-refractivity contribution is 6.01. The first-order valence-corrected chi connectivity index (χ1v) is 8.44. The Labute approximate surface area is 158 Å². The maximum atomic E-state index is 12.2. The fourth-order valence-electron chi connectivity index (χ4n) is 2.27. The van der Waals surface area contributed by atoms with Crippen LogP contribution in [0, 0.1) is 0 Å². The minimum absolute atomic E-state index is 0.192. The van der Waals surface area contributed by atoms with Crippen molar-refractivity contribution in [2.75, 3.05) is 44.9 Å². The van der Waals surface area contributed by atoms with Crippen molar-refractivity contribution in [1.29, 1.82) is 0 Å². The fourth-order valence-corrected chi connectivity index (χ4v) is 2.27. The highest BCUT2D eigenvalue weighted by Crippen LogP contribution is 2.25. The summed E-state index contributed by atoms with van der Waals surface area (Å²) in [5.74, 6) is 0.510. The van der Waals surface area contributed by atoms with Gasteiger partial charge in [-0.05, 0) is 45.3 Å². The predicted octanol–water partition coefficient (Wildman–Crippen LogP) is 1.81. The van der Waals surface area contributed by atoms with Crippen LogP contribution in [-0.2, 0) is 0 Å². The molecule has 0 fully saturated rings. The van der Waals surface area contributed by atoms with Crippen LogP contribution in [0.15, 0.2) is 36.8 Å². The topological polar surface area (TPSA) is 108 Å². The molecule has 0 unspecified atom stereocenters. The number of carbonyl (C=O) groups excluding carboxylic acids is 2. The van der Waals surface area contributed by atoms with Crippen LogP contribution in [0.25, 0.3) is 0 Å². The van der Waals surface area contributed by atoms with E-state index in [0.717, 1.165) is 13.0 Å². The van der Waals surface area contributed by atoms with Crippen molar-refractivity contribution in [1.82, 2.24) is 20.2 Å². The minimum Gasteiger partial charge on any atom is -0.495 e. The lowest BCUT2D eigenvalue weighted by Gasteiger charge is -2.13. The second kappa shape index (κ2) is 10.1. The van der Waals surface area contributed by atoms with Gasteiger partial charge in [-0.1, -0.05) is 0 Å². The zero-order valence-electron chi connectivity index (χ0n) is 15.7. The van der Waals surface area contributed by atoms with Crippen molar-refractivity contribution < 1.29 is 14.3 Å². The Hall–Kier alpha value is -3.20. The van der Waals surface area contributed by atoms with Gasteiger partial charge < -0.3 is 20.3 Å². The number of nitrogens with zero attached hydrogens (tertiary/aromatic N) is 3. The van der Waals surface area contributed by atoms with Gasteiger partial charge >= 0.3 is 6.03 Å². The van der Waals surface area contributed by atoms with Crippen LogP contribution in [-0.4, -0.2) is 61.1 Å². The van der Waals surface area contributed by atoms with Gasteiger partial charge in [-0.15, -0.1) is 0 Å². The average molecular weight is 372 g/mol. The Balaban J connectivity index is 1.96. The van der Waals surface area contributed by atoms with Crippen molar-refractivity contribution in [3.63, 3.8) is 0 Å². The number of rotatable bonds is 8. The number of hydrogen-bond donors (Lipinski definition) is 3. The van der Waals surface area contributed by atoms with Crippen LogP contribution in [0.4, 0.5) is 16.3 Å². The zero-order valence-corrected chi connectivity index (χ0v) is 15.7. The number of urea groups is 1. The number of methoxy groups -OCH3 is 1. The Morgan fingerprint density at radius 2 is 2.00 bits per heavy atom. The summed E-state index contributed by atoms with van der Waals surface area (Å²) < 4.78 is 5.29. The molecule has 1 aromatic heterocycles. The highest BCUT2D eigenvalue weighted by atomic mass is 16.5. The lowest BCUT2D eigenvalue weighted by Crippen LogP contribution is -2.27. The second-order valence-electron chi connectivity index (χ2n) is 6.00. The lowest BCUT2D eigenvalue weighted by molar-refractivity contribution is 0.0952. The molecule has 0 saturated heterocycles. The molecule has 0 radical (unpaired) electrons. The van der Waals surface area contributed by atoms with E-state index in [2.05, 4.69) is 30.8 Å². The zero-order chi connectivity index (χ0) is 19.6. The van der Waals surface area contributed by atoms with Crippen LogP contribution < -0.4 is 20.7 Å². The molecule has 0 atom stereocenters. The monoisotopic (exact) mass is 372 g/mol. The largest absolute Gasteiger partial charge is 0.495 e. The van der Waals surface area contributed by atoms with Crippen molar-refractivity contribution in [3.8, 4) is 5.75 Å². The second-order valence-corrected chi connectivity index (χ2v) is 6.00. The van der Waals surface area contributed by atoms with Gasteiger partial charge in [0.2, 0.25) is 0 Å². The van der Waals surface area contributed by atoms with E-state index in [0.29, 0.717) is 29.4 Å². The van der Waals surface area contributed by atoms with E-state index < -0.39 is 6.03 Å². The minimum atomic E-state index is -0.491. The average Bonchev–Trinajstić information content (AvgIpc) is 2.66. The van der Waals surface area contributed by atoms with Gasteiger partial charge in [-0.3, -0.25) is 15.1 Å². The van der Waals surface area contributed by atoms with E-state index in [9.17, 15) is 9.59 Å². The van der Waals surface area contributed by atoms with Gasteiger partial charge in [0.05, 0.1) is 19.0 Å². The molecular formula is C18H24N6O3. The van der Waals surface area contributed by atoms with Crippen molar-refractivity contribution in [2.24, 2.45) is 0 Å². The van der Waals surface area contributed by atoms with Crippen molar-refractivity contribution in [2.45, 2.75) is 6.42 Å². The molecule has 0 bridgehead atoms. The molecule has 0 aliphatic carbocycles. The molecule has 144 valence electrons. The molecule has 3 N–H and O–H groups in total. The van der Waals surface area contributed by atoms with Crippen LogP contribution in [0.2, 0.25) is 0 Å². The number of nitrogens with one attached hydrogen (secondary N) is 3. The molecule has 0 aliphatic heterocycles. The number of aromatic nitrogens is 2. The van der Waals surface area contributed by atoms with Gasteiger partial charge in [0.1, 0.15) is 5.75 Å². The Kier molecular flexibility index (Phi) is 7.50. The summed E-state index contributed by atoms with van der Waals surface area (Å²) >= 11 is 0. The molecule has 0 saturated carbocycles. The first-order chi connectivity index (χ1) is 13.0. The Morgan fingerprint density at radius 3 is 2.67 bits per heavy atom. The number of ether oxygens (including phenoxy) is 1. The number of amides is 3. The summed E-state index contributed by atoms with van der Waals surface area (Å²) in [5, 5.41) is 8.08. The maximum Gasteiger partial charge on any atom is 0.324 e. The molecule has 9 nitrogen and oxygen atoms in total. The smallest absolute Gasteiger partial charge is 0.324 e. The summed E-state index contributed by atoms with van der Waals surface area (Å²) in [6.07, 6.45) is 5.27. The van der Waals surface area contributed by atoms with Crippen LogP contribution in [0.3, 0.4) is 0 Å². The predicted molar refractivity (Wildman–Crippen MR) is 103 cm³/mol. The van der Waals surface area contributed by atoms with Gasteiger partial charge in [-0.25, -0.2) is 9.78 Å². The molecule has 0 spiro atoms. The number of benzene rings is 1. The normalized spacial score (nSPS) is 10.4. The lowest BCUT2D eigenvalue weighted by atomic mass is 10.1. The van der Waals surface area contributed by atoms with Crippen LogP contribution >= 0.6 is 0 Å². The Bertz CT molecular complexity index is 767. The van der Waals surface area contributed by atoms with Crippen LogP contribution in [0.1, 0.15) is 16.8 Å². The first-order valence-electron chi connectivity index (χ1n) is 8.44. The molecule has 1 aromatic carbocycles. The summed E-state index contributed by atoms with van der Waals surface area (Å²) in [5.41, 5.74) is 0.889. The summed E-state index contributed by atoms with van der Waals surface area (Å²) in [6, 6.07) is 4.33. The molecule has 9 heteroatoms. The van der Waals surface area contributed by atoms with E-state index in [1.807, 2.05) is 14.1 Å². The van der Waals surface area contributed by atoms with Gasteiger partial charge in [0.15, 0.2) is 5.82 Å². The molecule has 2 aromatic rings. The molecule has 3 amide bonds. The molecular weight excluding hydrogens is 348 g/mol. The molecule has 0 aliphatic rings. The maximum absolute atomic E-state index is 12.2. The van der Waals surface area contributed by atoms with Gasteiger partial charge in [-0.2, -0.15) is 0 Å². The third kappa shape index (κ3) is 6.55. The van der Waals surface area contributed by atoms with E-state index in [1.165, 1.54) is 25.7 Å². The summed E-state index contributed by atoms with van der Waals surface area (Å²) in [7, 11) is 5.44. The van der Waals surface area contributed by atoms with Crippen LogP contribution in [0.5, 0.6) is 5.75 Å². The van der Waals surface area contributed by atoms with Crippen molar-refractivity contribution >= 4 is 23.4 Å². The number of carbonyl (C=O) groups is 2. The van der Waals surface area contributed by atoms with E-state index in [4.69, 9.17) is 4.74 Å². The summed E-state index contributed by atoms with van der Waals surface area (Å²) in [6.45, 7) is 1.48. The highest BCUT2D eigenvalue weighted by Gasteiger charge is 2.12. The SMILES string of the molecule is COc1cc(C(=O)NCCCN(C)C)ccc1NC(=O)Nc1cnccn1. The van der Waals surface area contributed by atoms with Gasteiger partial charge in [0, 0.05) is 24.5 Å². The third-order valence-corrected chi connectivity index (χ3v) is 3.58. The molecule has 1 heterocycles. The first kappa shape index (κ1) is 20.1. The summed E-state index contributed by atoms with van der Waals surface area (Å²) in [4.78, 5) is 34.2.